The topological polar surface area (TPSA) is 62.7 Å². The Balaban J connectivity index is 1.64. The molecule has 1 amide bonds. The maximum atomic E-state index is 12.3. The number of carbonyl (C=O) groups excluding carboxylic acids is 1. The fourth-order valence-electron chi connectivity index (χ4n) is 2.29. The average Bonchev–Trinajstić information content (AvgIpc) is 3.16. The van der Waals surface area contributed by atoms with Crippen molar-refractivity contribution in [3.63, 3.8) is 0 Å². The molecule has 0 saturated carbocycles. The van der Waals surface area contributed by atoms with Crippen LogP contribution in [0.3, 0.4) is 0 Å². The van der Waals surface area contributed by atoms with Gasteiger partial charge in [0.1, 0.15) is 5.82 Å². The van der Waals surface area contributed by atoms with Gasteiger partial charge in [0.15, 0.2) is 4.77 Å². The van der Waals surface area contributed by atoms with Crippen LogP contribution < -0.4 is 5.32 Å². The normalized spacial score (nSPS) is 10.8. The number of rotatable bonds is 5. The number of hydrogen-bond acceptors (Lipinski definition) is 4. The second-order valence-corrected chi connectivity index (χ2v) is 7.68. The lowest BCUT2D eigenvalue weighted by Crippen LogP contribution is -2.25. The zero-order valence-electron chi connectivity index (χ0n) is 13.2. The summed E-state index contributed by atoms with van der Waals surface area (Å²) < 4.78 is 2.34. The lowest BCUT2D eigenvalue weighted by molar-refractivity contribution is 0.0958. The van der Waals surface area contributed by atoms with Gasteiger partial charge < -0.3 is 9.88 Å². The number of benzene rings is 1. The lowest BCUT2D eigenvalue weighted by Gasteiger charge is -2.03. The molecule has 0 aliphatic heterocycles. The highest BCUT2D eigenvalue weighted by atomic mass is 35.5. The van der Waals surface area contributed by atoms with E-state index in [9.17, 15) is 4.79 Å². The number of thiophene rings is 1. The predicted octanol–water partition coefficient (Wildman–Crippen LogP) is 4.49. The predicted molar refractivity (Wildman–Crippen MR) is 104 cm³/mol. The van der Waals surface area contributed by atoms with Crippen molar-refractivity contribution in [3.8, 4) is 10.4 Å². The lowest BCUT2D eigenvalue weighted by atomic mass is 10.2. The number of halogens is 2. The molecule has 0 spiro atoms. The first-order valence-electron chi connectivity index (χ1n) is 7.39. The van der Waals surface area contributed by atoms with Gasteiger partial charge in [0.2, 0.25) is 0 Å². The van der Waals surface area contributed by atoms with E-state index in [0.29, 0.717) is 32.7 Å². The summed E-state index contributed by atoms with van der Waals surface area (Å²) in [6, 6.07) is 9.01. The summed E-state index contributed by atoms with van der Waals surface area (Å²) >= 11 is 18.5. The summed E-state index contributed by atoms with van der Waals surface area (Å²) in [6.07, 6.45) is 0.595. The number of carbonyl (C=O) groups is 1. The van der Waals surface area contributed by atoms with E-state index in [1.165, 1.54) is 11.3 Å². The summed E-state index contributed by atoms with van der Waals surface area (Å²) in [5, 5.41) is 10.9. The van der Waals surface area contributed by atoms with Crippen molar-refractivity contribution >= 4 is 52.7 Å². The Labute approximate surface area is 163 Å². The van der Waals surface area contributed by atoms with Crippen LogP contribution in [-0.4, -0.2) is 27.2 Å². The fourth-order valence-corrected chi connectivity index (χ4v) is 3.88. The van der Waals surface area contributed by atoms with Crippen molar-refractivity contribution < 1.29 is 4.79 Å². The van der Waals surface area contributed by atoms with E-state index < -0.39 is 0 Å². The van der Waals surface area contributed by atoms with Crippen molar-refractivity contribution in [1.29, 1.82) is 0 Å². The first kappa shape index (κ1) is 18.1. The van der Waals surface area contributed by atoms with E-state index in [2.05, 4.69) is 15.5 Å². The Morgan fingerprint density at radius 1 is 1.32 bits per heavy atom. The van der Waals surface area contributed by atoms with Gasteiger partial charge in [0, 0.05) is 34.9 Å². The molecule has 0 fully saturated rings. The smallest absolute Gasteiger partial charge is 0.261 e. The zero-order chi connectivity index (χ0) is 18.0. The van der Waals surface area contributed by atoms with Crippen LogP contribution in [0.25, 0.3) is 10.4 Å². The molecule has 0 saturated heterocycles. The maximum Gasteiger partial charge on any atom is 0.261 e. The molecule has 3 aromatic rings. The molecule has 1 aromatic carbocycles. The van der Waals surface area contributed by atoms with E-state index in [4.69, 9.17) is 35.4 Å². The van der Waals surface area contributed by atoms with Crippen LogP contribution in [0.15, 0.2) is 30.3 Å². The minimum absolute atomic E-state index is 0.124. The SMILES string of the molecule is Cn1c(CCNC(=O)c2ccc(-c3cc(Cl)cc(Cl)c3)s2)n[nH]c1=S. The third-order valence-corrected chi connectivity index (χ3v) is 5.52. The number of aromatic amines is 1. The second kappa shape index (κ2) is 7.70. The minimum Gasteiger partial charge on any atom is -0.351 e. The third kappa shape index (κ3) is 4.30. The molecular weight excluding hydrogens is 399 g/mol. The molecular formula is C16H14Cl2N4OS2. The number of amides is 1. The van der Waals surface area contributed by atoms with Crippen molar-refractivity contribution in [2.45, 2.75) is 6.42 Å². The van der Waals surface area contributed by atoms with Gasteiger partial charge in [-0.2, -0.15) is 5.10 Å². The molecule has 0 aliphatic carbocycles. The highest BCUT2D eigenvalue weighted by Gasteiger charge is 2.11. The summed E-state index contributed by atoms with van der Waals surface area (Å²) in [5.74, 6) is 0.673. The highest BCUT2D eigenvalue weighted by Crippen LogP contribution is 2.32. The Bertz CT molecular complexity index is 956. The Hall–Kier alpha value is -1.67. The van der Waals surface area contributed by atoms with Crippen LogP contribution in [0.5, 0.6) is 0 Å². The van der Waals surface area contributed by atoms with E-state index in [1.807, 2.05) is 25.2 Å². The molecule has 5 nitrogen and oxygen atoms in total. The van der Waals surface area contributed by atoms with Gasteiger partial charge in [-0.3, -0.25) is 9.89 Å². The highest BCUT2D eigenvalue weighted by molar-refractivity contribution is 7.71. The minimum atomic E-state index is -0.124. The molecule has 0 bridgehead atoms. The molecule has 9 heteroatoms. The van der Waals surface area contributed by atoms with Crippen molar-refractivity contribution in [1.82, 2.24) is 20.1 Å². The van der Waals surface area contributed by atoms with Crippen molar-refractivity contribution in [2.24, 2.45) is 7.05 Å². The van der Waals surface area contributed by atoms with Gasteiger partial charge in [-0.25, -0.2) is 0 Å². The Morgan fingerprint density at radius 2 is 2.04 bits per heavy atom. The molecule has 0 atom stereocenters. The molecule has 3 rings (SSSR count). The molecule has 0 unspecified atom stereocenters. The molecule has 130 valence electrons. The van der Waals surface area contributed by atoms with E-state index in [-0.39, 0.29) is 5.91 Å². The van der Waals surface area contributed by atoms with Crippen LogP contribution in [0.2, 0.25) is 10.0 Å². The van der Waals surface area contributed by atoms with E-state index >= 15 is 0 Å². The number of aromatic nitrogens is 3. The average molecular weight is 413 g/mol. The fraction of sp³-hybridized carbons (Fsp3) is 0.188. The first-order chi connectivity index (χ1) is 11.9. The van der Waals surface area contributed by atoms with Gasteiger partial charge in [-0.05, 0) is 48.1 Å². The van der Waals surface area contributed by atoms with Crippen molar-refractivity contribution in [3.05, 3.63) is 55.8 Å². The largest absolute Gasteiger partial charge is 0.351 e. The number of nitrogens with zero attached hydrogens (tertiary/aromatic N) is 2. The summed E-state index contributed by atoms with van der Waals surface area (Å²) in [5.41, 5.74) is 0.892. The van der Waals surface area contributed by atoms with Crippen molar-refractivity contribution in [2.75, 3.05) is 6.54 Å². The van der Waals surface area contributed by atoms with E-state index in [0.717, 1.165) is 16.3 Å². The number of hydrogen-bond donors (Lipinski definition) is 2. The zero-order valence-corrected chi connectivity index (χ0v) is 16.3. The first-order valence-corrected chi connectivity index (χ1v) is 9.37. The summed E-state index contributed by atoms with van der Waals surface area (Å²) in [6.45, 7) is 0.475. The van der Waals surface area contributed by atoms with Gasteiger partial charge in [0.25, 0.3) is 5.91 Å². The van der Waals surface area contributed by atoms with Gasteiger partial charge in [-0.1, -0.05) is 23.2 Å². The van der Waals surface area contributed by atoms with Crippen LogP contribution in [0, 0.1) is 4.77 Å². The summed E-state index contributed by atoms with van der Waals surface area (Å²) in [7, 11) is 1.84. The molecule has 2 heterocycles. The third-order valence-electron chi connectivity index (χ3n) is 3.58. The van der Waals surface area contributed by atoms with Gasteiger partial charge >= 0.3 is 0 Å². The summed E-state index contributed by atoms with van der Waals surface area (Å²) in [4.78, 5) is 13.9. The Kier molecular flexibility index (Phi) is 5.58. The molecule has 2 aromatic heterocycles. The standard InChI is InChI=1S/C16H14Cl2N4OS2/c1-22-14(20-21-16(22)24)4-5-19-15(23)13-3-2-12(25-13)9-6-10(17)8-11(18)7-9/h2-3,6-8H,4-5H2,1H3,(H,19,23)(H,21,24). The number of nitrogens with one attached hydrogen (secondary N) is 2. The maximum absolute atomic E-state index is 12.3. The number of H-pyrrole nitrogens is 1. The molecule has 25 heavy (non-hydrogen) atoms. The van der Waals surface area contributed by atoms with Gasteiger partial charge in [-0.15, -0.1) is 11.3 Å². The molecule has 0 aliphatic rings. The van der Waals surface area contributed by atoms with Gasteiger partial charge in [0.05, 0.1) is 4.88 Å². The van der Waals surface area contributed by atoms with E-state index in [1.54, 1.807) is 16.7 Å². The van der Waals surface area contributed by atoms with Crippen LogP contribution in [-0.2, 0) is 13.5 Å². The quantitative estimate of drug-likeness (QED) is 0.606. The second-order valence-electron chi connectivity index (χ2n) is 5.33. The molecule has 2 N–H and O–H groups in total. The monoisotopic (exact) mass is 412 g/mol. The molecule has 0 radical (unpaired) electrons. The van der Waals surface area contributed by atoms with Crippen LogP contribution in [0.4, 0.5) is 0 Å². The Morgan fingerprint density at radius 3 is 2.68 bits per heavy atom. The van der Waals surface area contributed by atoms with Crippen LogP contribution in [0.1, 0.15) is 15.5 Å². The van der Waals surface area contributed by atoms with Crippen LogP contribution >= 0.6 is 46.8 Å².